The lowest BCUT2D eigenvalue weighted by molar-refractivity contribution is -0.124. The van der Waals surface area contributed by atoms with Gasteiger partial charge in [0.15, 0.2) is 0 Å². The van der Waals surface area contributed by atoms with Crippen LogP contribution in [0.15, 0.2) is 54.7 Å². The molecule has 2 unspecified atom stereocenters. The van der Waals surface area contributed by atoms with Crippen LogP contribution in [0.25, 0.3) is 17.0 Å². The highest BCUT2D eigenvalue weighted by Crippen LogP contribution is 2.32. The molecule has 5 nitrogen and oxygen atoms in total. The standard InChI is InChI=1S/C23H25N3O2/c1-15(12-18-14-24-21-5-3-2-4-19(18)21)25-22-10-8-17-13-16(6-9-20(17)22)7-11-23(27)26-28/h2-7,9,11,13-15,22,24-25,28H,8,10,12H2,1H3,(H,26,27)/b11-7+. The summed E-state index contributed by atoms with van der Waals surface area (Å²) in [7, 11) is 0. The lowest BCUT2D eigenvalue weighted by Crippen LogP contribution is -2.31. The van der Waals surface area contributed by atoms with Crippen LogP contribution in [0.1, 0.15) is 41.6 Å². The summed E-state index contributed by atoms with van der Waals surface area (Å²) in [6.45, 7) is 2.24. The maximum absolute atomic E-state index is 11.1. The molecule has 0 saturated heterocycles. The summed E-state index contributed by atoms with van der Waals surface area (Å²) in [5, 5.41) is 13.7. The molecule has 0 radical (unpaired) electrons. The molecule has 0 aliphatic heterocycles. The monoisotopic (exact) mass is 375 g/mol. The number of aromatic nitrogens is 1. The maximum atomic E-state index is 11.1. The molecule has 5 heteroatoms. The average Bonchev–Trinajstić information content (AvgIpc) is 3.30. The highest BCUT2D eigenvalue weighted by molar-refractivity contribution is 5.90. The predicted octanol–water partition coefficient (Wildman–Crippen LogP) is 3.89. The number of aryl methyl sites for hydroxylation is 1. The van der Waals surface area contributed by atoms with E-state index in [4.69, 9.17) is 5.21 Å². The predicted molar refractivity (Wildman–Crippen MR) is 111 cm³/mol. The van der Waals surface area contributed by atoms with Gasteiger partial charge in [0.2, 0.25) is 0 Å². The number of nitrogens with one attached hydrogen (secondary N) is 3. The van der Waals surface area contributed by atoms with Gasteiger partial charge in [-0.05, 0) is 60.6 Å². The number of carbonyl (C=O) groups excluding carboxylic acids is 1. The largest absolute Gasteiger partial charge is 0.361 e. The van der Waals surface area contributed by atoms with Gasteiger partial charge in [-0.15, -0.1) is 0 Å². The molecule has 1 aliphatic rings. The zero-order valence-electron chi connectivity index (χ0n) is 15.9. The molecule has 0 spiro atoms. The molecule has 0 saturated carbocycles. The molecule has 144 valence electrons. The van der Waals surface area contributed by atoms with E-state index in [2.05, 4.69) is 59.8 Å². The Morgan fingerprint density at radius 2 is 2.18 bits per heavy atom. The van der Waals surface area contributed by atoms with Crippen LogP contribution in [-0.4, -0.2) is 22.1 Å². The van der Waals surface area contributed by atoms with Gasteiger partial charge >= 0.3 is 0 Å². The van der Waals surface area contributed by atoms with E-state index in [1.165, 1.54) is 33.7 Å². The Hall–Kier alpha value is -2.89. The molecular weight excluding hydrogens is 350 g/mol. The quantitative estimate of drug-likeness (QED) is 0.300. The first-order chi connectivity index (χ1) is 13.6. The van der Waals surface area contributed by atoms with Gasteiger partial charge in [-0.1, -0.05) is 36.4 Å². The van der Waals surface area contributed by atoms with Crippen molar-refractivity contribution in [1.82, 2.24) is 15.8 Å². The lowest BCUT2D eigenvalue weighted by Gasteiger charge is -2.20. The van der Waals surface area contributed by atoms with E-state index >= 15 is 0 Å². The fourth-order valence-corrected chi connectivity index (χ4v) is 4.16. The first-order valence-corrected chi connectivity index (χ1v) is 9.70. The van der Waals surface area contributed by atoms with Crippen LogP contribution in [0, 0.1) is 0 Å². The molecule has 28 heavy (non-hydrogen) atoms. The van der Waals surface area contributed by atoms with E-state index in [1.54, 1.807) is 11.6 Å². The highest BCUT2D eigenvalue weighted by atomic mass is 16.5. The third-order valence-corrected chi connectivity index (χ3v) is 5.47. The van der Waals surface area contributed by atoms with Crippen molar-refractivity contribution in [3.05, 3.63) is 77.0 Å². The number of hydrogen-bond donors (Lipinski definition) is 4. The Labute approximate surface area is 164 Å². The summed E-state index contributed by atoms with van der Waals surface area (Å²) < 4.78 is 0. The minimum absolute atomic E-state index is 0.356. The van der Waals surface area contributed by atoms with E-state index in [1.807, 2.05) is 6.07 Å². The van der Waals surface area contributed by atoms with E-state index < -0.39 is 5.91 Å². The number of carbonyl (C=O) groups is 1. The second-order valence-corrected chi connectivity index (χ2v) is 7.49. The van der Waals surface area contributed by atoms with Crippen LogP contribution in [0.3, 0.4) is 0 Å². The first kappa shape index (κ1) is 18.5. The second-order valence-electron chi connectivity index (χ2n) is 7.49. The smallest absolute Gasteiger partial charge is 0.267 e. The normalized spacial score (nSPS) is 17.1. The summed E-state index contributed by atoms with van der Waals surface area (Å²) in [5.41, 5.74) is 7.77. The number of aromatic amines is 1. The topological polar surface area (TPSA) is 77.2 Å². The van der Waals surface area contributed by atoms with Gasteiger partial charge in [0.25, 0.3) is 5.91 Å². The summed E-state index contributed by atoms with van der Waals surface area (Å²) in [4.78, 5) is 14.5. The molecule has 4 N–H and O–H groups in total. The number of hydroxylamine groups is 1. The molecule has 1 amide bonds. The Kier molecular flexibility index (Phi) is 5.28. The van der Waals surface area contributed by atoms with Gasteiger partial charge in [0.1, 0.15) is 0 Å². The zero-order valence-corrected chi connectivity index (χ0v) is 15.9. The van der Waals surface area contributed by atoms with Crippen molar-refractivity contribution < 1.29 is 10.0 Å². The van der Waals surface area contributed by atoms with Gasteiger partial charge in [0, 0.05) is 35.3 Å². The second kappa shape index (κ2) is 8.00. The molecular formula is C23H25N3O2. The van der Waals surface area contributed by atoms with E-state index in [9.17, 15) is 4.79 Å². The average molecular weight is 375 g/mol. The SMILES string of the molecule is CC(Cc1c[nH]c2ccccc12)NC1CCc2cc(/C=C/C(=O)NO)ccc21. The van der Waals surface area contributed by atoms with Crippen LogP contribution in [-0.2, 0) is 17.6 Å². The fraction of sp³-hybridized carbons (Fsp3) is 0.261. The van der Waals surface area contributed by atoms with Crippen LogP contribution < -0.4 is 10.8 Å². The Bertz CT molecular complexity index is 1020. The number of rotatable bonds is 6. The number of benzene rings is 2. The van der Waals surface area contributed by atoms with Crippen molar-refractivity contribution in [2.75, 3.05) is 0 Å². The highest BCUT2D eigenvalue weighted by Gasteiger charge is 2.24. The van der Waals surface area contributed by atoms with Crippen molar-refractivity contribution in [3.63, 3.8) is 0 Å². The van der Waals surface area contributed by atoms with Gasteiger partial charge in [-0.25, -0.2) is 5.48 Å². The maximum Gasteiger partial charge on any atom is 0.267 e. The van der Waals surface area contributed by atoms with Crippen molar-refractivity contribution in [2.45, 2.75) is 38.3 Å². The number of para-hydroxylation sites is 1. The van der Waals surface area contributed by atoms with Gasteiger partial charge < -0.3 is 10.3 Å². The number of H-pyrrole nitrogens is 1. The molecule has 2 aromatic carbocycles. The van der Waals surface area contributed by atoms with E-state index in [-0.39, 0.29) is 0 Å². The van der Waals surface area contributed by atoms with Crippen LogP contribution >= 0.6 is 0 Å². The van der Waals surface area contributed by atoms with E-state index in [0.717, 1.165) is 24.8 Å². The fourth-order valence-electron chi connectivity index (χ4n) is 4.16. The minimum Gasteiger partial charge on any atom is -0.361 e. The summed E-state index contributed by atoms with van der Waals surface area (Å²) in [6, 6.07) is 15.4. The van der Waals surface area contributed by atoms with Crippen molar-refractivity contribution in [1.29, 1.82) is 0 Å². The third-order valence-electron chi connectivity index (χ3n) is 5.47. The molecule has 1 aliphatic carbocycles. The zero-order chi connectivity index (χ0) is 19.5. The summed E-state index contributed by atoms with van der Waals surface area (Å²) in [5.74, 6) is -0.522. The Morgan fingerprint density at radius 1 is 1.32 bits per heavy atom. The molecule has 2 atom stereocenters. The summed E-state index contributed by atoms with van der Waals surface area (Å²) >= 11 is 0. The van der Waals surface area contributed by atoms with Crippen molar-refractivity contribution in [3.8, 4) is 0 Å². The van der Waals surface area contributed by atoms with Crippen LogP contribution in [0.5, 0.6) is 0 Å². The summed E-state index contributed by atoms with van der Waals surface area (Å²) in [6.07, 6.45) is 8.25. The third kappa shape index (κ3) is 3.86. The number of hydrogen-bond acceptors (Lipinski definition) is 3. The van der Waals surface area contributed by atoms with Crippen molar-refractivity contribution >= 4 is 22.9 Å². The molecule has 0 fully saturated rings. The molecule has 3 aromatic rings. The minimum atomic E-state index is -0.522. The first-order valence-electron chi connectivity index (χ1n) is 9.70. The molecule has 0 bridgehead atoms. The number of fused-ring (bicyclic) bond motifs is 2. The number of amides is 1. The Balaban J connectivity index is 1.43. The van der Waals surface area contributed by atoms with Crippen molar-refractivity contribution in [2.24, 2.45) is 0 Å². The van der Waals surface area contributed by atoms with Gasteiger partial charge in [-0.3, -0.25) is 10.0 Å². The molecule has 4 rings (SSSR count). The molecule has 1 aromatic heterocycles. The Morgan fingerprint density at radius 3 is 3.04 bits per heavy atom. The van der Waals surface area contributed by atoms with E-state index in [0.29, 0.717) is 12.1 Å². The van der Waals surface area contributed by atoms with Crippen LogP contribution in [0.4, 0.5) is 0 Å². The lowest BCUT2D eigenvalue weighted by atomic mass is 10.0. The van der Waals surface area contributed by atoms with Crippen LogP contribution in [0.2, 0.25) is 0 Å². The molecule has 1 heterocycles. The van der Waals surface area contributed by atoms with Gasteiger partial charge in [-0.2, -0.15) is 0 Å². The van der Waals surface area contributed by atoms with Gasteiger partial charge in [0.05, 0.1) is 0 Å².